The van der Waals surface area contributed by atoms with Gasteiger partial charge in [-0.3, -0.25) is 4.98 Å². The zero-order chi connectivity index (χ0) is 15.7. The summed E-state index contributed by atoms with van der Waals surface area (Å²) < 4.78 is 0. The Morgan fingerprint density at radius 3 is 2.68 bits per heavy atom. The first-order chi connectivity index (χ1) is 10.5. The minimum Gasteiger partial charge on any atom is -0.476 e. The molecule has 0 bridgehead atoms. The average molecular weight is 297 g/mol. The zero-order valence-electron chi connectivity index (χ0n) is 12.7. The zero-order valence-corrected chi connectivity index (χ0v) is 12.7. The van der Waals surface area contributed by atoms with E-state index in [1.54, 1.807) is 6.20 Å². The molecule has 1 fully saturated rings. The summed E-state index contributed by atoms with van der Waals surface area (Å²) in [6.45, 7) is 6.11. The summed E-state index contributed by atoms with van der Waals surface area (Å²) in [4.78, 5) is 21.4. The first-order valence-corrected chi connectivity index (χ1v) is 7.32. The third-order valence-electron chi connectivity index (χ3n) is 4.31. The van der Waals surface area contributed by atoms with E-state index in [0.29, 0.717) is 11.7 Å². The number of aromatic nitrogens is 2. The maximum atomic E-state index is 11.1. The molecule has 3 rings (SSSR count). The molecule has 0 aliphatic carbocycles. The molecule has 22 heavy (non-hydrogen) atoms. The third-order valence-corrected chi connectivity index (χ3v) is 4.31. The number of hydrogen-bond acceptors (Lipinski definition) is 4. The SMILES string of the molecule is CC1(C)CN(c2cncc(C(=O)O)n2)C[C@@H]1c1ccccc1. The van der Waals surface area contributed by atoms with Crippen LogP contribution in [0.4, 0.5) is 5.82 Å². The maximum Gasteiger partial charge on any atom is 0.356 e. The summed E-state index contributed by atoms with van der Waals surface area (Å²) in [6, 6.07) is 10.4. The fourth-order valence-electron chi connectivity index (χ4n) is 3.16. The van der Waals surface area contributed by atoms with Gasteiger partial charge in [0, 0.05) is 19.0 Å². The topological polar surface area (TPSA) is 66.3 Å². The van der Waals surface area contributed by atoms with E-state index in [-0.39, 0.29) is 11.1 Å². The van der Waals surface area contributed by atoms with Gasteiger partial charge in [0.05, 0.1) is 12.4 Å². The van der Waals surface area contributed by atoms with E-state index >= 15 is 0 Å². The Bertz CT molecular complexity index is 685. The quantitative estimate of drug-likeness (QED) is 0.943. The van der Waals surface area contributed by atoms with Gasteiger partial charge in [0.2, 0.25) is 0 Å². The summed E-state index contributed by atoms with van der Waals surface area (Å²) in [5.74, 6) is -0.0391. The van der Waals surface area contributed by atoms with E-state index in [1.165, 1.54) is 11.8 Å². The van der Waals surface area contributed by atoms with Crippen molar-refractivity contribution in [2.45, 2.75) is 19.8 Å². The fraction of sp³-hybridized carbons (Fsp3) is 0.353. The Labute approximate surface area is 129 Å². The first-order valence-electron chi connectivity index (χ1n) is 7.32. The lowest BCUT2D eigenvalue weighted by molar-refractivity contribution is 0.0690. The number of aromatic carboxylic acids is 1. The molecule has 1 saturated heterocycles. The Balaban J connectivity index is 1.89. The fourth-order valence-corrected chi connectivity index (χ4v) is 3.16. The highest BCUT2D eigenvalue weighted by molar-refractivity contribution is 5.85. The number of rotatable bonds is 3. The van der Waals surface area contributed by atoms with E-state index in [0.717, 1.165) is 13.1 Å². The number of anilines is 1. The van der Waals surface area contributed by atoms with Crippen molar-refractivity contribution < 1.29 is 9.90 Å². The van der Waals surface area contributed by atoms with Crippen LogP contribution < -0.4 is 4.90 Å². The van der Waals surface area contributed by atoms with Gasteiger partial charge in [0.25, 0.3) is 0 Å². The molecule has 2 aromatic rings. The first kappa shape index (κ1) is 14.5. The smallest absolute Gasteiger partial charge is 0.356 e. The molecule has 1 aromatic carbocycles. The highest BCUT2D eigenvalue weighted by atomic mass is 16.4. The number of carbonyl (C=O) groups is 1. The van der Waals surface area contributed by atoms with Crippen molar-refractivity contribution in [1.82, 2.24) is 9.97 Å². The Morgan fingerprint density at radius 1 is 1.27 bits per heavy atom. The molecule has 1 aliphatic heterocycles. The van der Waals surface area contributed by atoms with Gasteiger partial charge in [-0.1, -0.05) is 44.2 Å². The number of benzene rings is 1. The van der Waals surface area contributed by atoms with Gasteiger partial charge in [-0.05, 0) is 11.0 Å². The van der Waals surface area contributed by atoms with Crippen LogP contribution in [-0.2, 0) is 0 Å². The van der Waals surface area contributed by atoms with Crippen molar-refractivity contribution in [2.75, 3.05) is 18.0 Å². The van der Waals surface area contributed by atoms with Crippen molar-refractivity contribution in [2.24, 2.45) is 5.41 Å². The van der Waals surface area contributed by atoms with E-state index < -0.39 is 5.97 Å². The van der Waals surface area contributed by atoms with Crippen LogP contribution in [-0.4, -0.2) is 34.1 Å². The van der Waals surface area contributed by atoms with Gasteiger partial charge in [-0.2, -0.15) is 0 Å². The second-order valence-corrected chi connectivity index (χ2v) is 6.40. The van der Waals surface area contributed by atoms with Crippen LogP contribution in [0, 0.1) is 5.41 Å². The number of carboxylic acids is 1. The summed E-state index contributed by atoms with van der Waals surface area (Å²) in [7, 11) is 0. The van der Waals surface area contributed by atoms with Crippen LogP contribution in [0.2, 0.25) is 0 Å². The predicted octanol–water partition coefficient (Wildman–Crippen LogP) is 2.80. The lowest BCUT2D eigenvalue weighted by Crippen LogP contribution is -2.24. The van der Waals surface area contributed by atoms with Crippen molar-refractivity contribution in [3.05, 3.63) is 54.0 Å². The molecule has 114 valence electrons. The van der Waals surface area contributed by atoms with Crippen LogP contribution >= 0.6 is 0 Å². The molecular formula is C17H19N3O2. The van der Waals surface area contributed by atoms with Crippen LogP contribution in [0.25, 0.3) is 0 Å². The normalized spacial score (nSPS) is 20.1. The summed E-state index contributed by atoms with van der Waals surface area (Å²) >= 11 is 0. The highest BCUT2D eigenvalue weighted by Gasteiger charge is 2.40. The average Bonchev–Trinajstić information content (AvgIpc) is 2.84. The van der Waals surface area contributed by atoms with Gasteiger partial charge in [0.15, 0.2) is 5.69 Å². The molecule has 1 aromatic heterocycles. The molecule has 5 heteroatoms. The Kier molecular flexibility index (Phi) is 3.56. The maximum absolute atomic E-state index is 11.1. The van der Waals surface area contributed by atoms with Crippen molar-refractivity contribution in [3.63, 3.8) is 0 Å². The lowest BCUT2D eigenvalue weighted by Gasteiger charge is -2.25. The minimum absolute atomic E-state index is 0.0153. The number of nitrogens with zero attached hydrogens (tertiary/aromatic N) is 3. The third kappa shape index (κ3) is 2.66. The molecule has 2 heterocycles. The molecule has 0 radical (unpaired) electrons. The molecule has 1 atom stereocenters. The number of carboxylic acid groups (broad SMARTS) is 1. The van der Waals surface area contributed by atoms with Crippen molar-refractivity contribution in [3.8, 4) is 0 Å². The summed E-state index contributed by atoms with van der Waals surface area (Å²) in [5.41, 5.74) is 1.37. The van der Waals surface area contributed by atoms with E-state index in [1.807, 2.05) is 6.07 Å². The van der Waals surface area contributed by atoms with E-state index in [4.69, 9.17) is 5.11 Å². The molecule has 0 unspecified atom stereocenters. The highest BCUT2D eigenvalue weighted by Crippen LogP contribution is 2.43. The molecular weight excluding hydrogens is 278 g/mol. The monoisotopic (exact) mass is 297 g/mol. The van der Waals surface area contributed by atoms with Crippen molar-refractivity contribution >= 4 is 11.8 Å². The van der Waals surface area contributed by atoms with Crippen molar-refractivity contribution in [1.29, 1.82) is 0 Å². The van der Waals surface area contributed by atoms with Gasteiger partial charge in [-0.15, -0.1) is 0 Å². The Morgan fingerprint density at radius 2 is 2.00 bits per heavy atom. The Hall–Kier alpha value is -2.43. The lowest BCUT2D eigenvalue weighted by atomic mass is 9.78. The largest absolute Gasteiger partial charge is 0.476 e. The van der Waals surface area contributed by atoms with Crippen LogP contribution in [0.1, 0.15) is 35.8 Å². The standard InChI is InChI=1S/C17H19N3O2/c1-17(2)11-20(10-13(17)12-6-4-3-5-7-12)15-9-18-8-14(19-15)16(21)22/h3-9,13H,10-11H2,1-2H3,(H,21,22)/t13-/m1/s1. The second kappa shape index (κ2) is 5.40. The molecule has 0 saturated carbocycles. The summed E-state index contributed by atoms with van der Waals surface area (Å²) in [6.07, 6.45) is 2.91. The molecule has 0 amide bonds. The van der Waals surface area contributed by atoms with Crippen LogP contribution in [0.5, 0.6) is 0 Å². The van der Waals surface area contributed by atoms with Gasteiger partial charge in [-0.25, -0.2) is 9.78 Å². The molecule has 1 aliphatic rings. The molecule has 1 N–H and O–H groups in total. The predicted molar refractivity (Wildman–Crippen MR) is 84.2 cm³/mol. The summed E-state index contributed by atoms with van der Waals surface area (Å²) in [5, 5.41) is 9.06. The molecule has 0 spiro atoms. The van der Waals surface area contributed by atoms with Crippen LogP contribution in [0.15, 0.2) is 42.7 Å². The minimum atomic E-state index is -1.05. The van der Waals surface area contributed by atoms with Gasteiger partial charge in [0.1, 0.15) is 5.82 Å². The molecule has 5 nitrogen and oxygen atoms in total. The second-order valence-electron chi connectivity index (χ2n) is 6.40. The van der Waals surface area contributed by atoms with Crippen LogP contribution in [0.3, 0.4) is 0 Å². The van der Waals surface area contributed by atoms with E-state index in [2.05, 4.69) is 53.0 Å². The number of hydrogen-bond donors (Lipinski definition) is 1. The van der Waals surface area contributed by atoms with Gasteiger partial charge >= 0.3 is 5.97 Å². The van der Waals surface area contributed by atoms with Gasteiger partial charge < -0.3 is 10.0 Å². The van der Waals surface area contributed by atoms with E-state index in [9.17, 15) is 4.79 Å².